The summed E-state index contributed by atoms with van der Waals surface area (Å²) in [5.41, 5.74) is 0. The second kappa shape index (κ2) is 3.72. The van der Waals surface area contributed by atoms with E-state index in [4.69, 9.17) is 0 Å². The number of carbonyl (C=O) groups is 1. The Balaban J connectivity index is 2.15. The molecule has 1 saturated carbocycles. The van der Waals surface area contributed by atoms with Crippen LogP contribution in [0.3, 0.4) is 0 Å². The van der Waals surface area contributed by atoms with Gasteiger partial charge in [0.1, 0.15) is 0 Å². The van der Waals surface area contributed by atoms with Crippen molar-refractivity contribution in [2.45, 2.75) is 38.8 Å². The zero-order valence-electron chi connectivity index (χ0n) is 7.18. The van der Waals surface area contributed by atoms with Crippen LogP contribution in [0.25, 0.3) is 0 Å². The minimum atomic E-state index is -0.0411. The van der Waals surface area contributed by atoms with Gasteiger partial charge in [0.2, 0.25) is 5.91 Å². The molecule has 2 N–H and O–H groups in total. The van der Waals surface area contributed by atoms with Crippen molar-refractivity contribution in [3.05, 3.63) is 0 Å². The van der Waals surface area contributed by atoms with Crippen molar-refractivity contribution < 1.29 is 4.79 Å². The third kappa shape index (κ3) is 2.89. The Hall–Kier alpha value is -0.570. The van der Waals surface area contributed by atoms with Gasteiger partial charge in [0.25, 0.3) is 0 Å². The van der Waals surface area contributed by atoms with Gasteiger partial charge >= 0.3 is 0 Å². The minimum Gasteiger partial charge on any atom is -0.352 e. The molecule has 1 atom stereocenters. The number of nitrogens with one attached hydrogen (secondary N) is 2. The Morgan fingerprint density at radius 2 is 2.27 bits per heavy atom. The summed E-state index contributed by atoms with van der Waals surface area (Å²) >= 11 is 0. The second-order valence-corrected chi connectivity index (χ2v) is 3.06. The average Bonchev–Trinajstić information content (AvgIpc) is 2.72. The van der Waals surface area contributed by atoms with Crippen molar-refractivity contribution in [3.63, 3.8) is 0 Å². The van der Waals surface area contributed by atoms with Gasteiger partial charge < -0.3 is 10.6 Å². The molecular weight excluding hydrogens is 140 g/mol. The topological polar surface area (TPSA) is 41.1 Å². The van der Waals surface area contributed by atoms with Gasteiger partial charge in [-0.05, 0) is 26.3 Å². The van der Waals surface area contributed by atoms with E-state index in [-0.39, 0.29) is 11.9 Å². The molecule has 64 valence electrons. The van der Waals surface area contributed by atoms with Crippen molar-refractivity contribution in [1.29, 1.82) is 0 Å². The summed E-state index contributed by atoms with van der Waals surface area (Å²) in [5, 5.41) is 6.00. The molecule has 11 heavy (non-hydrogen) atoms. The number of hydrogen-bond donors (Lipinski definition) is 2. The Morgan fingerprint density at radius 3 is 2.73 bits per heavy atom. The number of carbonyl (C=O) groups excluding carboxylic acids is 1. The van der Waals surface area contributed by atoms with E-state index in [9.17, 15) is 4.79 Å². The van der Waals surface area contributed by atoms with Crippen molar-refractivity contribution in [2.24, 2.45) is 0 Å². The van der Waals surface area contributed by atoms with Crippen LogP contribution in [0, 0.1) is 0 Å². The molecule has 0 spiro atoms. The first-order chi connectivity index (χ1) is 5.24. The Bertz CT molecular complexity index is 143. The van der Waals surface area contributed by atoms with Gasteiger partial charge in [0, 0.05) is 6.04 Å². The summed E-state index contributed by atoms with van der Waals surface area (Å²) in [6.45, 7) is 4.74. The molecule has 0 aromatic rings. The predicted octanol–water partition coefficient (Wildman–Crippen LogP) is 0.263. The van der Waals surface area contributed by atoms with Gasteiger partial charge in [-0.3, -0.25) is 4.79 Å². The van der Waals surface area contributed by atoms with Crippen molar-refractivity contribution >= 4 is 5.91 Å². The fourth-order valence-corrected chi connectivity index (χ4v) is 0.953. The van der Waals surface area contributed by atoms with E-state index in [2.05, 4.69) is 10.6 Å². The van der Waals surface area contributed by atoms with Gasteiger partial charge in [-0.2, -0.15) is 0 Å². The number of likely N-dealkylation sites (N-methyl/N-ethyl adjacent to an activating group) is 1. The molecule has 1 aliphatic carbocycles. The number of rotatable bonds is 4. The molecule has 0 aliphatic heterocycles. The zero-order valence-corrected chi connectivity index (χ0v) is 7.18. The van der Waals surface area contributed by atoms with E-state index >= 15 is 0 Å². The lowest BCUT2D eigenvalue weighted by atomic mass is 10.3. The molecular formula is C8H16N2O. The lowest BCUT2D eigenvalue weighted by Gasteiger charge is -2.11. The van der Waals surface area contributed by atoms with Crippen LogP contribution in [-0.2, 0) is 4.79 Å². The van der Waals surface area contributed by atoms with E-state index in [1.54, 1.807) is 0 Å². The van der Waals surface area contributed by atoms with E-state index in [0.717, 1.165) is 19.4 Å². The predicted molar refractivity (Wildman–Crippen MR) is 44.3 cm³/mol. The van der Waals surface area contributed by atoms with Gasteiger partial charge in [-0.1, -0.05) is 6.92 Å². The molecule has 3 heteroatoms. The first kappa shape index (κ1) is 8.53. The second-order valence-electron chi connectivity index (χ2n) is 3.06. The standard InChI is InChI=1S/C8H16N2O/c1-3-9-6(2)8(11)10-7-4-5-7/h6-7,9H,3-5H2,1-2H3,(H,10,11). The molecule has 1 rings (SSSR count). The Kier molecular flexibility index (Phi) is 2.88. The summed E-state index contributed by atoms with van der Waals surface area (Å²) in [4.78, 5) is 11.2. The summed E-state index contributed by atoms with van der Waals surface area (Å²) < 4.78 is 0. The molecule has 0 bridgehead atoms. The van der Waals surface area contributed by atoms with Gasteiger partial charge in [0.05, 0.1) is 6.04 Å². The molecule has 1 aliphatic rings. The Labute approximate surface area is 67.5 Å². The third-order valence-corrected chi connectivity index (χ3v) is 1.83. The monoisotopic (exact) mass is 156 g/mol. The lowest BCUT2D eigenvalue weighted by Crippen LogP contribution is -2.42. The van der Waals surface area contributed by atoms with Crippen LogP contribution in [-0.4, -0.2) is 24.5 Å². The SMILES string of the molecule is CCNC(C)C(=O)NC1CC1. The summed E-state index contributed by atoms with van der Waals surface area (Å²) in [5.74, 6) is 0.134. The largest absolute Gasteiger partial charge is 0.352 e. The summed E-state index contributed by atoms with van der Waals surface area (Å²) in [6.07, 6.45) is 2.31. The molecule has 0 saturated heterocycles. The lowest BCUT2D eigenvalue weighted by molar-refractivity contribution is -0.122. The highest BCUT2D eigenvalue weighted by Crippen LogP contribution is 2.18. The van der Waals surface area contributed by atoms with Crippen LogP contribution in [0.1, 0.15) is 26.7 Å². The molecule has 1 unspecified atom stereocenters. The number of amides is 1. The highest BCUT2D eigenvalue weighted by atomic mass is 16.2. The fraction of sp³-hybridized carbons (Fsp3) is 0.875. The minimum absolute atomic E-state index is 0.0411. The van der Waals surface area contributed by atoms with Crippen LogP contribution in [0.15, 0.2) is 0 Å². The molecule has 0 aromatic heterocycles. The van der Waals surface area contributed by atoms with E-state index in [0.29, 0.717) is 6.04 Å². The molecule has 3 nitrogen and oxygen atoms in total. The smallest absolute Gasteiger partial charge is 0.237 e. The highest BCUT2D eigenvalue weighted by Gasteiger charge is 2.24. The maximum atomic E-state index is 11.2. The first-order valence-electron chi connectivity index (χ1n) is 4.27. The van der Waals surface area contributed by atoms with Gasteiger partial charge in [-0.25, -0.2) is 0 Å². The van der Waals surface area contributed by atoms with Crippen LogP contribution in [0.4, 0.5) is 0 Å². The van der Waals surface area contributed by atoms with E-state index in [1.165, 1.54) is 0 Å². The molecule has 0 radical (unpaired) electrons. The van der Waals surface area contributed by atoms with Crippen LogP contribution in [0.2, 0.25) is 0 Å². The molecule has 0 heterocycles. The van der Waals surface area contributed by atoms with Crippen LogP contribution >= 0.6 is 0 Å². The van der Waals surface area contributed by atoms with Crippen molar-refractivity contribution in [3.8, 4) is 0 Å². The average molecular weight is 156 g/mol. The molecule has 1 fully saturated rings. The van der Waals surface area contributed by atoms with Crippen molar-refractivity contribution in [1.82, 2.24) is 10.6 Å². The summed E-state index contributed by atoms with van der Waals surface area (Å²) in [6, 6.07) is 0.434. The summed E-state index contributed by atoms with van der Waals surface area (Å²) in [7, 11) is 0. The third-order valence-electron chi connectivity index (χ3n) is 1.83. The highest BCUT2D eigenvalue weighted by molar-refractivity contribution is 5.81. The maximum absolute atomic E-state index is 11.2. The van der Waals surface area contributed by atoms with E-state index in [1.807, 2.05) is 13.8 Å². The van der Waals surface area contributed by atoms with Crippen molar-refractivity contribution in [2.75, 3.05) is 6.54 Å². The zero-order chi connectivity index (χ0) is 8.27. The van der Waals surface area contributed by atoms with E-state index < -0.39 is 0 Å². The van der Waals surface area contributed by atoms with Gasteiger partial charge in [-0.15, -0.1) is 0 Å². The number of hydrogen-bond acceptors (Lipinski definition) is 2. The fourth-order valence-electron chi connectivity index (χ4n) is 0.953. The maximum Gasteiger partial charge on any atom is 0.237 e. The van der Waals surface area contributed by atoms with Crippen LogP contribution < -0.4 is 10.6 Å². The quantitative estimate of drug-likeness (QED) is 0.613. The molecule has 1 amide bonds. The Morgan fingerprint density at radius 1 is 1.64 bits per heavy atom. The normalized spacial score (nSPS) is 19.5. The first-order valence-corrected chi connectivity index (χ1v) is 4.27. The molecule has 0 aromatic carbocycles. The van der Waals surface area contributed by atoms with Crippen LogP contribution in [0.5, 0.6) is 0 Å². The van der Waals surface area contributed by atoms with Gasteiger partial charge in [0.15, 0.2) is 0 Å².